The van der Waals surface area contributed by atoms with Crippen LogP contribution in [0.25, 0.3) is 0 Å². The summed E-state index contributed by atoms with van der Waals surface area (Å²) in [6.07, 6.45) is -2.47. The molecule has 0 saturated carbocycles. The number of carboxylic acids is 1. The van der Waals surface area contributed by atoms with Crippen LogP contribution >= 0.6 is 11.8 Å². The van der Waals surface area contributed by atoms with E-state index >= 15 is 0 Å². The van der Waals surface area contributed by atoms with E-state index in [0.717, 1.165) is 11.8 Å². The monoisotopic (exact) mass is 266 g/mol. The lowest BCUT2D eigenvalue weighted by Crippen LogP contribution is -2.26. The van der Waals surface area contributed by atoms with E-state index in [2.05, 4.69) is 10.2 Å². The summed E-state index contributed by atoms with van der Waals surface area (Å²) >= 11 is 0.988. The number of aromatic nitrogens is 3. The lowest BCUT2D eigenvalue weighted by atomic mass is 10.6. The summed E-state index contributed by atoms with van der Waals surface area (Å²) in [4.78, 5) is 11.6. The van der Waals surface area contributed by atoms with Crippen molar-refractivity contribution in [3.05, 3.63) is 0 Å². The number of aliphatic carboxylic acids is 1. The molecule has 0 atom stereocenters. The van der Waals surface area contributed by atoms with E-state index in [1.807, 2.05) is 0 Å². The van der Waals surface area contributed by atoms with Crippen molar-refractivity contribution in [2.24, 2.45) is 7.05 Å². The number of hydrogen-bond donors (Lipinski definition) is 1. The van der Waals surface area contributed by atoms with Crippen molar-refractivity contribution in [3.63, 3.8) is 0 Å². The zero-order valence-electron chi connectivity index (χ0n) is 9.30. The molecule has 0 aliphatic carbocycles. The summed E-state index contributed by atoms with van der Waals surface area (Å²) in [7, 11) is 3.07. The fourth-order valence-electron chi connectivity index (χ4n) is 1.18. The first-order valence-electron chi connectivity index (χ1n) is 4.65. The standard InChI is InChI=1S/C8H12F2N4O2S/c1-13(3-5(9)10)7-11-12-8(14(7)2)17-4-6(15)16/h5H,3-4H2,1-2H3,(H,15,16). The SMILES string of the molecule is CN(CC(F)F)c1nnc(SCC(=O)O)n1C. The summed E-state index contributed by atoms with van der Waals surface area (Å²) in [6, 6.07) is 0. The number of carboxylic acid groups (broad SMARTS) is 1. The van der Waals surface area contributed by atoms with E-state index in [-0.39, 0.29) is 11.7 Å². The third kappa shape index (κ3) is 3.84. The molecule has 0 aliphatic rings. The average molecular weight is 266 g/mol. The Hall–Kier alpha value is -1.38. The first-order valence-corrected chi connectivity index (χ1v) is 5.63. The van der Waals surface area contributed by atoms with Crippen LogP contribution in [0.2, 0.25) is 0 Å². The van der Waals surface area contributed by atoms with Crippen LogP contribution in [0.15, 0.2) is 5.16 Å². The minimum Gasteiger partial charge on any atom is -0.481 e. The number of alkyl halides is 2. The van der Waals surface area contributed by atoms with Gasteiger partial charge in [-0.3, -0.25) is 9.36 Å². The summed E-state index contributed by atoms with van der Waals surface area (Å²) in [5, 5.41) is 16.4. The second-order valence-corrected chi connectivity index (χ2v) is 4.24. The molecule has 6 nitrogen and oxygen atoms in total. The molecule has 0 fully saturated rings. The first kappa shape index (κ1) is 13.7. The Morgan fingerprint density at radius 3 is 2.76 bits per heavy atom. The van der Waals surface area contributed by atoms with Crippen molar-refractivity contribution in [1.29, 1.82) is 0 Å². The van der Waals surface area contributed by atoms with Gasteiger partial charge in [0.25, 0.3) is 6.43 Å². The van der Waals surface area contributed by atoms with Gasteiger partial charge in [0.1, 0.15) is 0 Å². The van der Waals surface area contributed by atoms with Gasteiger partial charge in [-0.15, -0.1) is 10.2 Å². The van der Waals surface area contributed by atoms with Gasteiger partial charge in [-0.25, -0.2) is 8.78 Å². The molecule has 1 heterocycles. The van der Waals surface area contributed by atoms with Crippen LogP contribution in [0.5, 0.6) is 0 Å². The Morgan fingerprint density at radius 1 is 1.59 bits per heavy atom. The predicted molar refractivity (Wildman–Crippen MR) is 58.6 cm³/mol. The molecule has 1 rings (SSSR count). The Labute approximate surface area is 101 Å². The third-order valence-electron chi connectivity index (χ3n) is 1.89. The number of halogens is 2. The van der Waals surface area contributed by atoms with Crippen molar-refractivity contribution < 1.29 is 18.7 Å². The summed E-state index contributed by atoms with van der Waals surface area (Å²) in [6.45, 7) is -0.449. The van der Waals surface area contributed by atoms with Crippen LogP contribution in [-0.2, 0) is 11.8 Å². The summed E-state index contributed by atoms with van der Waals surface area (Å²) < 4.78 is 25.8. The van der Waals surface area contributed by atoms with Gasteiger partial charge in [-0.2, -0.15) is 0 Å². The van der Waals surface area contributed by atoms with Gasteiger partial charge in [0.2, 0.25) is 5.95 Å². The zero-order chi connectivity index (χ0) is 13.0. The number of nitrogens with zero attached hydrogens (tertiary/aromatic N) is 4. The molecule has 1 aromatic heterocycles. The molecule has 17 heavy (non-hydrogen) atoms. The second kappa shape index (κ2) is 5.80. The van der Waals surface area contributed by atoms with Gasteiger partial charge < -0.3 is 10.0 Å². The predicted octanol–water partition coefficient (Wildman–Crippen LogP) is 0.693. The van der Waals surface area contributed by atoms with Gasteiger partial charge in [0.05, 0.1) is 12.3 Å². The molecule has 0 saturated heterocycles. The van der Waals surface area contributed by atoms with Gasteiger partial charge in [-0.1, -0.05) is 11.8 Å². The molecule has 0 aliphatic heterocycles. The molecule has 1 N–H and O–H groups in total. The van der Waals surface area contributed by atoms with E-state index in [1.165, 1.54) is 16.5 Å². The lowest BCUT2D eigenvalue weighted by Gasteiger charge is -2.16. The summed E-state index contributed by atoms with van der Waals surface area (Å²) in [5.74, 6) is -0.844. The maximum atomic E-state index is 12.2. The molecular weight excluding hydrogens is 254 g/mol. The van der Waals surface area contributed by atoms with Gasteiger partial charge >= 0.3 is 5.97 Å². The highest BCUT2D eigenvalue weighted by atomic mass is 32.2. The maximum Gasteiger partial charge on any atom is 0.313 e. The van der Waals surface area contributed by atoms with Crippen LogP contribution in [-0.4, -0.2) is 51.6 Å². The Bertz CT molecular complexity index is 399. The van der Waals surface area contributed by atoms with Crippen molar-refractivity contribution in [3.8, 4) is 0 Å². The molecule has 0 unspecified atom stereocenters. The van der Waals surface area contributed by atoms with Crippen LogP contribution in [0, 0.1) is 0 Å². The molecule has 96 valence electrons. The largest absolute Gasteiger partial charge is 0.481 e. The van der Waals surface area contributed by atoms with Gasteiger partial charge in [-0.05, 0) is 0 Å². The Balaban J connectivity index is 2.72. The van der Waals surface area contributed by atoms with E-state index < -0.39 is 18.9 Å². The van der Waals surface area contributed by atoms with E-state index in [0.29, 0.717) is 5.16 Å². The number of carbonyl (C=O) groups is 1. The number of hydrogen-bond acceptors (Lipinski definition) is 5. The lowest BCUT2D eigenvalue weighted by molar-refractivity contribution is -0.133. The normalized spacial score (nSPS) is 10.9. The highest BCUT2D eigenvalue weighted by Crippen LogP contribution is 2.19. The number of anilines is 1. The molecule has 0 radical (unpaired) electrons. The van der Waals surface area contributed by atoms with Crippen LogP contribution in [0.4, 0.5) is 14.7 Å². The molecule has 0 aromatic carbocycles. The van der Waals surface area contributed by atoms with Crippen molar-refractivity contribution >= 4 is 23.7 Å². The van der Waals surface area contributed by atoms with E-state index in [1.54, 1.807) is 7.05 Å². The highest BCUT2D eigenvalue weighted by Gasteiger charge is 2.16. The highest BCUT2D eigenvalue weighted by molar-refractivity contribution is 7.99. The molecular formula is C8H12F2N4O2S. The zero-order valence-corrected chi connectivity index (χ0v) is 10.1. The second-order valence-electron chi connectivity index (χ2n) is 3.30. The molecule has 0 spiro atoms. The molecule has 1 aromatic rings. The summed E-state index contributed by atoms with van der Waals surface area (Å²) in [5.41, 5.74) is 0. The fourth-order valence-corrected chi connectivity index (χ4v) is 1.81. The van der Waals surface area contributed by atoms with Crippen LogP contribution in [0.1, 0.15) is 0 Å². The van der Waals surface area contributed by atoms with Crippen LogP contribution < -0.4 is 4.90 Å². The molecule has 0 bridgehead atoms. The fraction of sp³-hybridized carbons (Fsp3) is 0.625. The maximum absolute atomic E-state index is 12.2. The minimum atomic E-state index is -2.47. The molecule has 9 heteroatoms. The quantitative estimate of drug-likeness (QED) is 0.764. The van der Waals surface area contributed by atoms with Gasteiger partial charge in [0, 0.05) is 14.1 Å². The number of rotatable bonds is 6. The Morgan fingerprint density at radius 2 is 2.24 bits per heavy atom. The minimum absolute atomic E-state index is 0.148. The number of thioether (sulfide) groups is 1. The van der Waals surface area contributed by atoms with Crippen molar-refractivity contribution in [1.82, 2.24) is 14.8 Å². The topological polar surface area (TPSA) is 71.2 Å². The molecule has 0 amide bonds. The van der Waals surface area contributed by atoms with Gasteiger partial charge in [0.15, 0.2) is 5.16 Å². The first-order chi connectivity index (χ1) is 7.91. The van der Waals surface area contributed by atoms with Crippen molar-refractivity contribution in [2.75, 3.05) is 24.2 Å². The Kier molecular flexibility index (Phi) is 4.67. The third-order valence-corrected chi connectivity index (χ3v) is 2.89. The van der Waals surface area contributed by atoms with Crippen LogP contribution in [0.3, 0.4) is 0 Å². The van der Waals surface area contributed by atoms with E-state index in [4.69, 9.17) is 5.11 Å². The smallest absolute Gasteiger partial charge is 0.313 e. The van der Waals surface area contributed by atoms with E-state index in [9.17, 15) is 13.6 Å². The van der Waals surface area contributed by atoms with Crippen molar-refractivity contribution in [2.45, 2.75) is 11.6 Å². The average Bonchev–Trinajstić information content (AvgIpc) is 2.55.